The number of carbonyl (C=O) groups excluding carboxylic acids is 2. The predicted molar refractivity (Wildman–Crippen MR) is 79.4 cm³/mol. The van der Waals surface area contributed by atoms with E-state index in [9.17, 15) is 9.59 Å². The number of amides is 2. The number of carbonyl (C=O) groups is 2. The van der Waals surface area contributed by atoms with Crippen molar-refractivity contribution in [1.82, 2.24) is 9.88 Å². The summed E-state index contributed by atoms with van der Waals surface area (Å²) >= 11 is 1.32. The number of nitrogen functional groups attached to an aromatic ring is 1. The van der Waals surface area contributed by atoms with E-state index in [1.807, 2.05) is 13.8 Å². The summed E-state index contributed by atoms with van der Waals surface area (Å²) < 4.78 is 0.844. The monoisotopic (exact) mass is 292 g/mol. The molecule has 2 rings (SSSR count). The lowest BCUT2D eigenvalue weighted by Gasteiger charge is -2.25. The van der Waals surface area contributed by atoms with Crippen molar-refractivity contribution in [3.63, 3.8) is 0 Å². The second-order valence-electron chi connectivity index (χ2n) is 4.73. The maximum Gasteiger partial charge on any atom is 0.254 e. The first-order valence-corrected chi connectivity index (χ1v) is 6.95. The molecule has 7 heteroatoms. The van der Waals surface area contributed by atoms with E-state index in [0.717, 1.165) is 10.2 Å². The summed E-state index contributed by atoms with van der Waals surface area (Å²) in [4.78, 5) is 29.1. The molecule has 0 saturated carbocycles. The fourth-order valence-electron chi connectivity index (χ4n) is 1.90. The SMILES string of the molecule is CC(C)N(CC(N)=O)C(=O)c1ccc2nc(N)sc2c1. The van der Waals surface area contributed by atoms with Gasteiger partial charge in [-0.3, -0.25) is 9.59 Å². The Morgan fingerprint density at radius 3 is 2.70 bits per heavy atom. The largest absolute Gasteiger partial charge is 0.375 e. The zero-order chi connectivity index (χ0) is 14.9. The van der Waals surface area contributed by atoms with Gasteiger partial charge in [-0.05, 0) is 32.0 Å². The molecule has 0 unspecified atom stereocenters. The normalized spacial score (nSPS) is 10.9. The third-order valence-corrected chi connectivity index (χ3v) is 3.71. The number of fused-ring (bicyclic) bond motifs is 1. The van der Waals surface area contributed by atoms with Crippen LogP contribution in [0.4, 0.5) is 5.13 Å². The minimum Gasteiger partial charge on any atom is -0.375 e. The Morgan fingerprint density at radius 1 is 1.40 bits per heavy atom. The molecule has 0 aliphatic rings. The molecule has 0 bridgehead atoms. The molecule has 1 heterocycles. The summed E-state index contributed by atoms with van der Waals surface area (Å²) in [7, 11) is 0. The second kappa shape index (κ2) is 5.46. The van der Waals surface area contributed by atoms with E-state index in [2.05, 4.69) is 4.98 Å². The Labute approximate surface area is 120 Å². The van der Waals surface area contributed by atoms with Gasteiger partial charge in [0.15, 0.2) is 5.13 Å². The van der Waals surface area contributed by atoms with Gasteiger partial charge in [-0.2, -0.15) is 0 Å². The minimum absolute atomic E-state index is 0.0979. The molecule has 6 nitrogen and oxygen atoms in total. The first kappa shape index (κ1) is 14.3. The van der Waals surface area contributed by atoms with E-state index in [0.29, 0.717) is 10.7 Å². The van der Waals surface area contributed by atoms with Crippen molar-refractivity contribution in [2.24, 2.45) is 5.73 Å². The highest BCUT2D eigenvalue weighted by Crippen LogP contribution is 2.25. The summed E-state index contributed by atoms with van der Waals surface area (Å²) in [5.74, 6) is -0.761. The van der Waals surface area contributed by atoms with E-state index in [4.69, 9.17) is 11.5 Å². The molecule has 0 atom stereocenters. The molecule has 2 amide bonds. The number of primary amides is 1. The van der Waals surface area contributed by atoms with E-state index >= 15 is 0 Å². The number of nitrogens with zero attached hydrogens (tertiary/aromatic N) is 2. The van der Waals surface area contributed by atoms with Crippen molar-refractivity contribution in [2.45, 2.75) is 19.9 Å². The van der Waals surface area contributed by atoms with E-state index < -0.39 is 5.91 Å². The summed E-state index contributed by atoms with van der Waals surface area (Å²) in [6.07, 6.45) is 0. The Hall–Kier alpha value is -2.15. The van der Waals surface area contributed by atoms with Gasteiger partial charge in [0.2, 0.25) is 5.91 Å². The summed E-state index contributed by atoms with van der Waals surface area (Å²) in [5, 5.41) is 0.461. The third kappa shape index (κ3) is 2.88. The fraction of sp³-hybridized carbons (Fsp3) is 0.308. The van der Waals surface area contributed by atoms with Crippen molar-refractivity contribution in [1.29, 1.82) is 0 Å². The molecule has 0 saturated heterocycles. The van der Waals surface area contributed by atoms with Gasteiger partial charge in [0.25, 0.3) is 5.91 Å². The fourth-order valence-corrected chi connectivity index (χ4v) is 2.67. The molecular weight excluding hydrogens is 276 g/mol. The summed E-state index contributed by atoms with van der Waals surface area (Å²) in [6, 6.07) is 5.05. The Bertz CT molecular complexity index is 665. The molecule has 1 aromatic carbocycles. The van der Waals surface area contributed by atoms with Gasteiger partial charge >= 0.3 is 0 Å². The Kier molecular flexibility index (Phi) is 3.89. The maximum absolute atomic E-state index is 12.4. The van der Waals surface area contributed by atoms with Crippen LogP contribution in [0.2, 0.25) is 0 Å². The molecular formula is C13H16N4O2S. The van der Waals surface area contributed by atoms with Gasteiger partial charge in [0.1, 0.15) is 0 Å². The van der Waals surface area contributed by atoms with Gasteiger partial charge in [-0.15, -0.1) is 0 Å². The van der Waals surface area contributed by atoms with Crippen LogP contribution in [0, 0.1) is 0 Å². The van der Waals surface area contributed by atoms with E-state index in [1.165, 1.54) is 16.2 Å². The standard InChI is InChI=1S/C13H16N4O2S/c1-7(2)17(6-11(14)18)12(19)8-3-4-9-10(5-8)20-13(15)16-9/h3-5,7H,6H2,1-2H3,(H2,14,18)(H2,15,16). The third-order valence-electron chi connectivity index (χ3n) is 2.86. The Morgan fingerprint density at radius 2 is 2.10 bits per heavy atom. The van der Waals surface area contributed by atoms with Gasteiger partial charge in [-0.25, -0.2) is 4.98 Å². The molecule has 0 aliphatic heterocycles. The van der Waals surface area contributed by atoms with E-state index in [-0.39, 0.29) is 18.5 Å². The van der Waals surface area contributed by atoms with Gasteiger partial charge in [0.05, 0.1) is 16.8 Å². The van der Waals surface area contributed by atoms with Crippen LogP contribution >= 0.6 is 11.3 Å². The van der Waals surface area contributed by atoms with Gasteiger partial charge in [-0.1, -0.05) is 11.3 Å². The van der Waals surface area contributed by atoms with Crippen LogP contribution in [0.1, 0.15) is 24.2 Å². The van der Waals surface area contributed by atoms with Crippen LogP contribution in [0.3, 0.4) is 0 Å². The van der Waals surface area contributed by atoms with Crippen molar-refractivity contribution in [3.05, 3.63) is 23.8 Å². The van der Waals surface area contributed by atoms with E-state index in [1.54, 1.807) is 18.2 Å². The molecule has 0 fully saturated rings. The van der Waals surface area contributed by atoms with Crippen molar-refractivity contribution < 1.29 is 9.59 Å². The lowest BCUT2D eigenvalue weighted by molar-refractivity contribution is -0.119. The number of aromatic nitrogens is 1. The van der Waals surface area contributed by atoms with Crippen LogP contribution in [-0.4, -0.2) is 34.3 Å². The molecule has 0 spiro atoms. The molecule has 0 aliphatic carbocycles. The van der Waals surface area contributed by atoms with Crippen LogP contribution in [-0.2, 0) is 4.79 Å². The van der Waals surface area contributed by atoms with Gasteiger partial charge < -0.3 is 16.4 Å². The first-order chi connectivity index (χ1) is 9.38. The second-order valence-corrected chi connectivity index (χ2v) is 5.79. The minimum atomic E-state index is -0.532. The number of benzene rings is 1. The van der Waals surface area contributed by atoms with Crippen molar-refractivity contribution in [2.75, 3.05) is 12.3 Å². The molecule has 1 aromatic heterocycles. The van der Waals surface area contributed by atoms with Crippen LogP contribution in [0.5, 0.6) is 0 Å². The lowest BCUT2D eigenvalue weighted by atomic mass is 10.1. The highest BCUT2D eigenvalue weighted by Gasteiger charge is 2.21. The first-order valence-electron chi connectivity index (χ1n) is 6.14. The summed E-state index contributed by atoms with van der Waals surface area (Å²) in [6.45, 7) is 3.58. The average molecular weight is 292 g/mol. The molecule has 106 valence electrons. The number of hydrogen-bond acceptors (Lipinski definition) is 5. The number of thiazole rings is 1. The lowest BCUT2D eigenvalue weighted by Crippen LogP contribution is -2.42. The highest BCUT2D eigenvalue weighted by molar-refractivity contribution is 7.22. The van der Waals surface area contributed by atoms with Crippen LogP contribution in [0.15, 0.2) is 18.2 Å². The smallest absolute Gasteiger partial charge is 0.254 e. The Balaban J connectivity index is 2.35. The zero-order valence-electron chi connectivity index (χ0n) is 11.3. The molecule has 0 radical (unpaired) electrons. The highest BCUT2D eigenvalue weighted by atomic mass is 32.1. The maximum atomic E-state index is 12.4. The molecule has 2 aromatic rings. The number of nitrogens with two attached hydrogens (primary N) is 2. The predicted octanol–water partition coefficient (Wildman–Crippen LogP) is 1.21. The van der Waals surface area contributed by atoms with Crippen molar-refractivity contribution in [3.8, 4) is 0 Å². The topological polar surface area (TPSA) is 102 Å². The van der Waals surface area contributed by atoms with Crippen molar-refractivity contribution >= 4 is 38.5 Å². The quantitative estimate of drug-likeness (QED) is 0.884. The number of hydrogen-bond donors (Lipinski definition) is 2. The zero-order valence-corrected chi connectivity index (χ0v) is 12.1. The molecule has 4 N–H and O–H groups in total. The number of anilines is 1. The molecule has 20 heavy (non-hydrogen) atoms. The number of rotatable bonds is 4. The summed E-state index contributed by atoms with van der Waals surface area (Å²) in [5.41, 5.74) is 12.1. The van der Waals surface area contributed by atoms with Crippen LogP contribution in [0.25, 0.3) is 10.2 Å². The van der Waals surface area contributed by atoms with Gasteiger partial charge in [0, 0.05) is 11.6 Å². The average Bonchev–Trinajstić information content (AvgIpc) is 2.73. The van der Waals surface area contributed by atoms with Crippen LogP contribution < -0.4 is 11.5 Å².